The molecule has 0 unspecified atom stereocenters. The number of ether oxygens (including phenoxy) is 3. The van der Waals surface area contributed by atoms with Gasteiger partial charge in [0.2, 0.25) is 0 Å². The number of hydrogen-bond donors (Lipinski definition) is 2. The van der Waals surface area contributed by atoms with Gasteiger partial charge in [-0.05, 0) is 29.5 Å². The first-order chi connectivity index (χ1) is 12.5. The highest BCUT2D eigenvalue weighted by atomic mass is 127. The molecule has 27 heavy (non-hydrogen) atoms. The minimum Gasteiger partial charge on any atom is -0.492 e. The van der Waals surface area contributed by atoms with Crippen LogP contribution in [0.5, 0.6) is 5.75 Å². The standard InChI is InChI=1S/C20H35N3O3.HI/c1-20(2,3)17-7-9-18(10-8-17)26-14-12-23-19(21-4)22-11-6-13-25-16-15-24-5;/h7-10H,6,11-16H2,1-5H3,(H2,21,22,23);1H. The first kappa shape index (κ1) is 25.9. The Labute approximate surface area is 181 Å². The van der Waals surface area contributed by atoms with Crippen molar-refractivity contribution in [3.63, 3.8) is 0 Å². The van der Waals surface area contributed by atoms with Crippen molar-refractivity contribution in [2.45, 2.75) is 32.6 Å². The van der Waals surface area contributed by atoms with Crippen LogP contribution in [0.1, 0.15) is 32.8 Å². The first-order valence-corrected chi connectivity index (χ1v) is 9.22. The second-order valence-corrected chi connectivity index (χ2v) is 7.01. The second-order valence-electron chi connectivity index (χ2n) is 7.01. The SMILES string of the molecule is CN=C(NCCCOCCOC)NCCOc1ccc(C(C)(C)C)cc1.I. The van der Waals surface area contributed by atoms with Crippen LogP contribution in [0, 0.1) is 0 Å². The van der Waals surface area contributed by atoms with Gasteiger partial charge in [-0.1, -0.05) is 32.9 Å². The van der Waals surface area contributed by atoms with Crippen molar-refractivity contribution in [2.75, 3.05) is 53.7 Å². The van der Waals surface area contributed by atoms with Crippen LogP contribution in [-0.2, 0) is 14.9 Å². The average molecular weight is 493 g/mol. The molecule has 0 heterocycles. The van der Waals surface area contributed by atoms with Gasteiger partial charge in [0.05, 0.1) is 19.8 Å². The highest BCUT2D eigenvalue weighted by Gasteiger charge is 2.12. The molecule has 0 saturated heterocycles. The van der Waals surface area contributed by atoms with Crippen LogP contribution >= 0.6 is 24.0 Å². The third kappa shape index (κ3) is 12.1. The lowest BCUT2D eigenvalue weighted by Crippen LogP contribution is -2.39. The number of benzene rings is 1. The van der Waals surface area contributed by atoms with Crippen molar-refractivity contribution in [3.8, 4) is 5.75 Å². The van der Waals surface area contributed by atoms with Crippen LogP contribution in [0.4, 0.5) is 0 Å². The molecule has 156 valence electrons. The van der Waals surface area contributed by atoms with Gasteiger partial charge in [0.1, 0.15) is 12.4 Å². The van der Waals surface area contributed by atoms with E-state index in [-0.39, 0.29) is 29.4 Å². The van der Waals surface area contributed by atoms with E-state index in [0.29, 0.717) is 33.0 Å². The van der Waals surface area contributed by atoms with Crippen LogP contribution in [0.3, 0.4) is 0 Å². The zero-order valence-corrected chi connectivity index (χ0v) is 19.7. The molecule has 2 N–H and O–H groups in total. The van der Waals surface area contributed by atoms with Gasteiger partial charge in [-0.25, -0.2) is 0 Å². The van der Waals surface area contributed by atoms with Crippen molar-refractivity contribution in [3.05, 3.63) is 29.8 Å². The Morgan fingerprint density at radius 3 is 2.22 bits per heavy atom. The smallest absolute Gasteiger partial charge is 0.191 e. The molecule has 6 nitrogen and oxygen atoms in total. The van der Waals surface area contributed by atoms with Crippen LogP contribution in [0.25, 0.3) is 0 Å². The van der Waals surface area contributed by atoms with Crippen molar-refractivity contribution in [2.24, 2.45) is 4.99 Å². The van der Waals surface area contributed by atoms with E-state index in [1.165, 1.54) is 5.56 Å². The number of hydrogen-bond acceptors (Lipinski definition) is 4. The summed E-state index contributed by atoms with van der Waals surface area (Å²) in [6.45, 7) is 10.7. The minimum absolute atomic E-state index is 0. The number of guanidine groups is 1. The third-order valence-electron chi connectivity index (χ3n) is 3.80. The Balaban J connectivity index is 0.00000676. The van der Waals surface area contributed by atoms with E-state index in [0.717, 1.165) is 24.7 Å². The average Bonchev–Trinajstić information content (AvgIpc) is 2.62. The zero-order valence-electron chi connectivity index (χ0n) is 17.3. The van der Waals surface area contributed by atoms with E-state index in [4.69, 9.17) is 14.2 Å². The summed E-state index contributed by atoms with van der Waals surface area (Å²) in [6.07, 6.45) is 0.918. The summed E-state index contributed by atoms with van der Waals surface area (Å²) in [5.41, 5.74) is 1.46. The molecule has 0 bridgehead atoms. The first-order valence-electron chi connectivity index (χ1n) is 9.22. The van der Waals surface area contributed by atoms with Gasteiger partial charge in [-0.2, -0.15) is 0 Å². The lowest BCUT2D eigenvalue weighted by Gasteiger charge is -2.19. The van der Waals surface area contributed by atoms with Crippen molar-refractivity contribution >= 4 is 29.9 Å². The van der Waals surface area contributed by atoms with E-state index >= 15 is 0 Å². The van der Waals surface area contributed by atoms with Gasteiger partial charge in [0.25, 0.3) is 0 Å². The summed E-state index contributed by atoms with van der Waals surface area (Å²) in [5.74, 6) is 1.66. The fourth-order valence-electron chi connectivity index (χ4n) is 2.24. The van der Waals surface area contributed by atoms with Gasteiger partial charge >= 0.3 is 0 Å². The second kappa shape index (κ2) is 14.9. The largest absolute Gasteiger partial charge is 0.492 e. The van der Waals surface area contributed by atoms with Gasteiger partial charge in [-0.3, -0.25) is 4.99 Å². The summed E-state index contributed by atoms with van der Waals surface area (Å²) >= 11 is 0. The van der Waals surface area contributed by atoms with Crippen LogP contribution in [0.2, 0.25) is 0 Å². The van der Waals surface area contributed by atoms with Gasteiger partial charge in [-0.15, -0.1) is 24.0 Å². The molecule has 0 amide bonds. The molecule has 1 rings (SSSR count). The van der Waals surface area contributed by atoms with Gasteiger partial charge in [0.15, 0.2) is 5.96 Å². The fourth-order valence-corrected chi connectivity index (χ4v) is 2.24. The Kier molecular flexibility index (Phi) is 14.3. The maximum atomic E-state index is 5.77. The molecule has 1 aromatic carbocycles. The van der Waals surface area contributed by atoms with E-state index in [1.807, 2.05) is 12.1 Å². The molecule has 0 aliphatic heterocycles. The number of nitrogens with one attached hydrogen (secondary N) is 2. The Bertz CT molecular complexity index is 516. The Morgan fingerprint density at radius 1 is 0.963 bits per heavy atom. The molecular formula is C20H36IN3O3. The van der Waals surface area contributed by atoms with Crippen LogP contribution < -0.4 is 15.4 Å². The summed E-state index contributed by atoms with van der Waals surface area (Å²) in [4.78, 5) is 4.20. The molecule has 1 aromatic rings. The maximum absolute atomic E-state index is 5.77. The number of methoxy groups -OCH3 is 1. The van der Waals surface area contributed by atoms with Crippen molar-refractivity contribution in [1.29, 1.82) is 0 Å². The topological polar surface area (TPSA) is 64.1 Å². The predicted molar refractivity (Wildman–Crippen MR) is 123 cm³/mol. The van der Waals surface area contributed by atoms with Crippen LogP contribution in [0.15, 0.2) is 29.3 Å². The number of nitrogens with zero attached hydrogens (tertiary/aromatic N) is 1. The molecule has 0 radical (unpaired) electrons. The summed E-state index contributed by atoms with van der Waals surface area (Å²) < 4.78 is 16.1. The lowest BCUT2D eigenvalue weighted by atomic mass is 9.87. The molecule has 0 aliphatic carbocycles. The van der Waals surface area contributed by atoms with Crippen LogP contribution in [-0.4, -0.2) is 59.6 Å². The molecule has 0 aromatic heterocycles. The van der Waals surface area contributed by atoms with E-state index in [1.54, 1.807) is 14.2 Å². The minimum atomic E-state index is 0. The normalized spacial score (nSPS) is 11.7. The molecule has 0 spiro atoms. The highest BCUT2D eigenvalue weighted by molar-refractivity contribution is 14.0. The fraction of sp³-hybridized carbons (Fsp3) is 0.650. The molecule has 0 atom stereocenters. The lowest BCUT2D eigenvalue weighted by molar-refractivity contribution is 0.0698. The third-order valence-corrected chi connectivity index (χ3v) is 3.80. The molecule has 0 saturated carbocycles. The Morgan fingerprint density at radius 2 is 1.63 bits per heavy atom. The highest BCUT2D eigenvalue weighted by Crippen LogP contribution is 2.24. The number of halogens is 1. The van der Waals surface area contributed by atoms with E-state index in [9.17, 15) is 0 Å². The number of aliphatic imine (C=N–C) groups is 1. The molecular weight excluding hydrogens is 457 g/mol. The molecule has 7 heteroatoms. The Hall–Kier alpha value is -1.06. The zero-order chi connectivity index (χ0) is 19.3. The monoisotopic (exact) mass is 493 g/mol. The molecule has 0 fully saturated rings. The van der Waals surface area contributed by atoms with E-state index < -0.39 is 0 Å². The quantitative estimate of drug-likeness (QED) is 0.215. The summed E-state index contributed by atoms with van der Waals surface area (Å²) in [7, 11) is 3.43. The summed E-state index contributed by atoms with van der Waals surface area (Å²) in [6, 6.07) is 8.30. The predicted octanol–water partition coefficient (Wildman–Crippen LogP) is 3.20. The van der Waals surface area contributed by atoms with Gasteiger partial charge in [0, 0.05) is 27.3 Å². The summed E-state index contributed by atoms with van der Waals surface area (Å²) in [5, 5.41) is 6.49. The molecule has 0 aliphatic rings. The van der Waals surface area contributed by atoms with Crippen molar-refractivity contribution in [1.82, 2.24) is 10.6 Å². The number of rotatable bonds is 11. The van der Waals surface area contributed by atoms with Gasteiger partial charge < -0.3 is 24.8 Å². The van der Waals surface area contributed by atoms with E-state index in [2.05, 4.69) is 48.5 Å². The maximum Gasteiger partial charge on any atom is 0.191 e. The van der Waals surface area contributed by atoms with Crippen molar-refractivity contribution < 1.29 is 14.2 Å².